The second-order valence-electron chi connectivity index (χ2n) is 5.17. The summed E-state index contributed by atoms with van der Waals surface area (Å²) in [4.78, 5) is 14.0. The van der Waals surface area contributed by atoms with E-state index in [0.29, 0.717) is 12.6 Å². The second-order valence-corrected chi connectivity index (χ2v) is 5.17. The lowest BCUT2D eigenvalue weighted by molar-refractivity contribution is 0.0905. The van der Waals surface area contributed by atoms with Crippen LogP contribution in [-0.2, 0) is 11.3 Å². The standard InChI is InChI=1S/C16H23NO2/c1-2-3-10-15-11-7-12-17(15)16(18)19-13-14-8-5-4-6-9-14/h4-6,8-9,15H,2-3,7,10-13H2,1H3. The number of likely N-dealkylation sites (tertiary alicyclic amines) is 1. The maximum absolute atomic E-state index is 12.1. The van der Waals surface area contributed by atoms with Gasteiger partial charge in [0.25, 0.3) is 0 Å². The van der Waals surface area contributed by atoms with E-state index in [1.54, 1.807) is 0 Å². The quantitative estimate of drug-likeness (QED) is 0.802. The molecule has 1 aliphatic rings. The summed E-state index contributed by atoms with van der Waals surface area (Å²) in [6.07, 6.45) is 5.56. The highest BCUT2D eigenvalue weighted by Crippen LogP contribution is 2.23. The summed E-state index contributed by atoms with van der Waals surface area (Å²) in [6.45, 7) is 3.41. The highest BCUT2D eigenvalue weighted by atomic mass is 16.6. The summed E-state index contributed by atoms with van der Waals surface area (Å²) in [7, 11) is 0. The monoisotopic (exact) mass is 261 g/mol. The van der Waals surface area contributed by atoms with Crippen molar-refractivity contribution in [2.24, 2.45) is 0 Å². The average Bonchev–Trinajstić information content (AvgIpc) is 2.92. The minimum Gasteiger partial charge on any atom is -0.445 e. The van der Waals surface area contributed by atoms with Gasteiger partial charge in [-0.25, -0.2) is 4.79 Å². The number of hydrogen-bond donors (Lipinski definition) is 0. The summed E-state index contributed by atoms with van der Waals surface area (Å²) in [5.41, 5.74) is 1.04. The summed E-state index contributed by atoms with van der Waals surface area (Å²) in [5, 5.41) is 0. The Kier molecular flexibility index (Phi) is 5.25. The number of hydrogen-bond acceptors (Lipinski definition) is 2. The van der Waals surface area contributed by atoms with Crippen LogP contribution in [0.3, 0.4) is 0 Å². The number of amides is 1. The zero-order chi connectivity index (χ0) is 13.5. The third-order valence-corrected chi connectivity index (χ3v) is 3.71. The first kappa shape index (κ1) is 13.9. The van der Waals surface area contributed by atoms with E-state index in [0.717, 1.165) is 31.4 Å². The molecule has 3 nitrogen and oxygen atoms in total. The van der Waals surface area contributed by atoms with Gasteiger partial charge in [-0.05, 0) is 24.8 Å². The van der Waals surface area contributed by atoms with Crippen LogP contribution >= 0.6 is 0 Å². The van der Waals surface area contributed by atoms with Crippen molar-refractivity contribution in [2.75, 3.05) is 6.54 Å². The van der Waals surface area contributed by atoms with E-state index < -0.39 is 0 Å². The Morgan fingerprint density at radius 3 is 2.89 bits per heavy atom. The molecule has 19 heavy (non-hydrogen) atoms. The SMILES string of the molecule is CCCCC1CCCN1C(=O)OCc1ccccc1. The lowest BCUT2D eigenvalue weighted by Gasteiger charge is -2.23. The van der Waals surface area contributed by atoms with Crippen LogP contribution in [0.25, 0.3) is 0 Å². The maximum atomic E-state index is 12.1. The van der Waals surface area contributed by atoms with Gasteiger partial charge in [0.05, 0.1) is 0 Å². The summed E-state index contributed by atoms with van der Waals surface area (Å²) in [6, 6.07) is 10.2. The third kappa shape index (κ3) is 3.98. The molecule has 0 N–H and O–H groups in total. The number of carbonyl (C=O) groups excluding carboxylic acids is 1. The van der Waals surface area contributed by atoms with Crippen molar-refractivity contribution in [3.05, 3.63) is 35.9 Å². The van der Waals surface area contributed by atoms with Crippen molar-refractivity contribution in [3.8, 4) is 0 Å². The zero-order valence-corrected chi connectivity index (χ0v) is 11.7. The summed E-state index contributed by atoms with van der Waals surface area (Å²) >= 11 is 0. The van der Waals surface area contributed by atoms with Crippen molar-refractivity contribution in [1.82, 2.24) is 4.90 Å². The molecule has 1 fully saturated rings. The van der Waals surface area contributed by atoms with E-state index in [4.69, 9.17) is 4.74 Å². The molecule has 0 saturated carbocycles. The van der Waals surface area contributed by atoms with E-state index in [9.17, 15) is 4.79 Å². The van der Waals surface area contributed by atoms with E-state index in [1.807, 2.05) is 35.2 Å². The Morgan fingerprint density at radius 1 is 1.37 bits per heavy atom. The Morgan fingerprint density at radius 2 is 2.16 bits per heavy atom. The molecular formula is C16H23NO2. The Balaban J connectivity index is 1.82. The largest absolute Gasteiger partial charge is 0.445 e. The topological polar surface area (TPSA) is 29.5 Å². The van der Waals surface area contributed by atoms with E-state index in [-0.39, 0.29) is 6.09 Å². The number of benzene rings is 1. The van der Waals surface area contributed by atoms with Gasteiger partial charge in [-0.2, -0.15) is 0 Å². The van der Waals surface area contributed by atoms with Crippen molar-refractivity contribution < 1.29 is 9.53 Å². The first-order valence-electron chi connectivity index (χ1n) is 7.28. The number of carbonyl (C=O) groups is 1. The number of ether oxygens (including phenoxy) is 1. The molecule has 2 rings (SSSR count). The lowest BCUT2D eigenvalue weighted by atomic mass is 10.1. The highest BCUT2D eigenvalue weighted by Gasteiger charge is 2.29. The molecule has 1 aromatic carbocycles. The van der Waals surface area contributed by atoms with Crippen molar-refractivity contribution in [3.63, 3.8) is 0 Å². The molecule has 1 amide bonds. The minimum atomic E-state index is -0.151. The molecule has 0 spiro atoms. The predicted octanol–water partition coefficient (Wildman–Crippen LogP) is 3.98. The molecule has 1 aliphatic heterocycles. The summed E-state index contributed by atoms with van der Waals surface area (Å²) in [5.74, 6) is 0. The van der Waals surface area contributed by atoms with Crippen LogP contribution in [0.1, 0.15) is 44.6 Å². The number of unbranched alkanes of at least 4 members (excludes halogenated alkanes) is 1. The normalized spacial score (nSPS) is 18.6. The first-order chi connectivity index (χ1) is 9.31. The first-order valence-corrected chi connectivity index (χ1v) is 7.28. The second kappa shape index (κ2) is 7.17. The fourth-order valence-corrected chi connectivity index (χ4v) is 2.62. The minimum absolute atomic E-state index is 0.151. The fraction of sp³-hybridized carbons (Fsp3) is 0.562. The molecule has 0 bridgehead atoms. The molecule has 104 valence electrons. The van der Waals surface area contributed by atoms with Gasteiger partial charge in [0, 0.05) is 12.6 Å². The molecule has 0 aliphatic carbocycles. The number of rotatable bonds is 5. The van der Waals surface area contributed by atoms with Crippen molar-refractivity contribution in [2.45, 2.75) is 51.7 Å². The van der Waals surface area contributed by atoms with Crippen LogP contribution in [-0.4, -0.2) is 23.6 Å². The van der Waals surface area contributed by atoms with Crippen LogP contribution in [0.15, 0.2) is 30.3 Å². The van der Waals surface area contributed by atoms with E-state index in [2.05, 4.69) is 6.92 Å². The van der Waals surface area contributed by atoms with Crippen LogP contribution in [0, 0.1) is 0 Å². The molecular weight excluding hydrogens is 238 g/mol. The molecule has 1 heterocycles. The Labute approximate surface area is 115 Å². The van der Waals surface area contributed by atoms with Gasteiger partial charge < -0.3 is 9.64 Å². The Bertz CT molecular complexity index is 391. The van der Waals surface area contributed by atoms with Gasteiger partial charge in [0.2, 0.25) is 0 Å². The molecule has 1 atom stereocenters. The molecule has 1 aromatic rings. The van der Waals surface area contributed by atoms with Crippen molar-refractivity contribution >= 4 is 6.09 Å². The van der Waals surface area contributed by atoms with Gasteiger partial charge in [-0.1, -0.05) is 50.1 Å². The number of nitrogens with zero attached hydrogens (tertiary/aromatic N) is 1. The van der Waals surface area contributed by atoms with Gasteiger partial charge in [-0.15, -0.1) is 0 Å². The molecule has 1 unspecified atom stereocenters. The Hall–Kier alpha value is -1.51. The summed E-state index contributed by atoms with van der Waals surface area (Å²) < 4.78 is 5.41. The smallest absolute Gasteiger partial charge is 0.410 e. The predicted molar refractivity (Wildman–Crippen MR) is 75.9 cm³/mol. The van der Waals surface area contributed by atoms with Crippen LogP contribution in [0.5, 0.6) is 0 Å². The van der Waals surface area contributed by atoms with Gasteiger partial charge >= 0.3 is 6.09 Å². The van der Waals surface area contributed by atoms with Gasteiger partial charge in [0.1, 0.15) is 6.61 Å². The highest BCUT2D eigenvalue weighted by molar-refractivity contribution is 5.68. The van der Waals surface area contributed by atoms with Gasteiger partial charge in [-0.3, -0.25) is 0 Å². The van der Waals surface area contributed by atoms with Crippen LogP contribution in [0.2, 0.25) is 0 Å². The maximum Gasteiger partial charge on any atom is 0.410 e. The third-order valence-electron chi connectivity index (χ3n) is 3.71. The van der Waals surface area contributed by atoms with Crippen molar-refractivity contribution in [1.29, 1.82) is 0 Å². The van der Waals surface area contributed by atoms with Crippen LogP contribution in [0.4, 0.5) is 4.79 Å². The molecule has 3 heteroatoms. The van der Waals surface area contributed by atoms with E-state index >= 15 is 0 Å². The molecule has 0 aromatic heterocycles. The van der Waals surface area contributed by atoms with Gasteiger partial charge in [0.15, 0.2) is 0 Å². The fourth-order valence-electron chi connectivity index (χ4n) is 2.62. The lowest BCUT2D eigenvalue weighted by Crippen LogP contribution is -2.35. The average molecular weight is 261 g/mol. The van der Waals surface area contributed by atoms with E-state index in [1.165, 1.54) is 12.8 Å². The molecule has 1 saturated heterocycles. The molecule has 0 radical (unpaired) electrons. The van der Waals surface area contributed by atoms with Crippen LogP contribution < -0.4 is 0 Å². The zero-order valence-electron chi connectivity index (χ0n) is 11.7.